The predicted octanol–water partition coefficient (Wildman–Crippen LogP) is 5.83. The zero-order valence-electron chi connectivity index (χ0n) is 20.6. The molecule has 0 saturated carbocycles. The molecule has 0 aliphatic rings. The number of methoxy groups -OCH3 is 2. The van der Waals surface area contributed by atoms with Crippen molar-refractivity contribution in [3.63, 3.8) is 0 Å². The van der Waals surface area contributed by atoms with E-state index in [1.54, 1.807) is 36.4 Å². The van der Waals surface area contributed by atoms with Gasteiger partial charge in [-0.2, -0.15) is 0 Å². The minimum absolute atomic E-state index is 0.345. The van der Waals surface area contributed by atoms with Gasteiger partial charge >= 0.3 is 5.97 Å². The summed E-state index contributed by atoms with van der Waals surface area (Å²) in [6.45, 7) is 0.348. The molecule has 7 heteroatoms. The first kappa shape index (κ1) is 25.3. The van der Waals surface area contributed by atoms with E-state index in [4.69, 9.17) is 19.3 Å². The second-order valence-electron chi connectivity index (χ2n) is 8.22. The van der Waals surface area contributed by atoms with E-state index in [1.807, 2.05) is 12.1 Å². The summed E-state index contributed by atoms with van der Waals surface area (Å²) in [5, 5.41) is 14.2. The lowest BCUT2D eigenvalue weighted by Gasteiger charge is -2.14. The molecule has 4 aromatic rings. The molecular weight excluding hydrogens is 470 g/mol. The molecule has 7 nitrogen and oxygen atoms in total. The molecule has 188 valence electrons. The van der Waals surface area contributed by atoms with Crippen LogP contribution in [0.15, 0.2) is 84.9 Å². The van der Waals surface area contributed by atoms with Crippen LogP contribution < -0.4 is 19.5 Å². The second kappa shape index (κ2) is 11.8. The topological polar surface area (TPSA) is 94.1 Å². The van der Waals surface area contributed by atoms with Crippen molar-refractivity contribution in [3.05, 3.63) is 102 Å². The predicted molar refractivity (Wildman–Crippen MR) is 144 cm³/mol. The Morgan fingerprint density at radius 3 is 2.43 bits per heavy atom. The van der Waals surface area contributed by atoms with Gasteiger partial charge < -0.3 is 24.6 Å². The number of amides is 1. The lowest BCUT2D eigenvalue weighted by Crippen LogP contribution is -2.13. The number of fused-ring (bicyclic) bond motifs is 1. The van der Waals surface area contributed by atoms with E-state index in [0.29, 0.717) is 47.1 Å². The number of rotatable bonds is 10. The highest BCUT2D eigenvalue weighted by molar-refractivity contribution is 6.05. The monoisotopic (exact) mass is 497 g/mol. The van der Waals surface area contributed by atoms with Gasteiger partial charge in [0.05, 0.1) is 26.5 Å². The first-order chi connectivity index (χ1) is 18.0. The highest BCUT2D eigenvalue weighted by Crippen LogP contribution is 2.30. The number of aliphatic carboxylic acids is 1. The molecule has 2 N–H and O–H groups in total. The Bertz CT molecular complexity index is 1460. The molecule has 0 saturated heterocycles. The fourth-order valence-electron chi connectivity index (χ4n) is 3.88. The molecule has 0 fully saturated rings. The Kier molecular flexibility index (Phi) is 8.05. The number of anilines is 1. The Morgan fingerprint density at radius 1 is 0.865 bits per heavy atom. The largest absolute Gasteiger partial charge is 0.497 e. The van der Waals surface area contributed by atoms with Crippen molar-refractivity contribution in [3.8, 4) is 17.2 Å². The number of benzene rings is 4. The number of carboxylic acid groups (broad SMARTS) is 1. The minimum atomic E-state index is -1.07. The van der Waals surface area contributed by atoms with Crippen LogP contribution in [0.3, 0.4) is 0 Å². The van der Waals surface area contributed by atoms with Crippen molar-refractivity contribution in [2.45, 2.75) is 6.42 Å². The Hall–Kier alpha value is -4.78. The standard InChI is InChI=1S/C30H27NO6/c1-35-25-12-13-27(36-2)26(19-25)31-30(34)24-10-9-22(11-14-29(32)33)28(18-24)37-16-15-20-7-8-21-5-3-4-6-23(21)17-20/h3-14,17-19H,15-16H2,1-2H3,(H,31,34)(H,32,33)/b14-11+. The van der Waals surface area contributed by atoms with Crippen LogP contribution in [0, 0.1) is 0 Å². The van der Waals surface area contributed by atoms with E-state index < -0.39 is 5.97 Å². The van der Waals surface area contributed by atoms with E-state index in [0.717, 1.165) is 17.0 Å². The van der Waals surface area contributed by atoms with Crippen molar-refractivity contribution in [1.82, 2.24) is 0 Å². The van der Waals surface area contributed by atoms with Gasteiger partial charge in [0.1, 0.15) is 17.2 Å². The molecule has 37 heavy (non-hydrogen) atoms. The first-order valence-corrected chi connectivity index (χ1v) is 11.7. The summed E-state index contributed by atoms with van der Waals surface area (Å²) in [4.78, 5) is 24.1. The maximum atomic E-state index is 13.1. The summed E-state index contributed by atoms with van der Waals surface area (Å²) >= 11 is 0. The molecule has 4 aromatic carbocycles. The number of hydrogen-bond acceptors (Lipinski definition) is 5. The van der Waals surface area contributed by atoms with Gasteiger partial charge in [-0.1, -0.05) is 48.5 Å². The lowest BCUT2D eigenvalue weighted by molar-refractivity contribution is -0.131. The van der Waals surface area contributed by atoms with E-state index in [-0.39, 0.29) is 5.91 Å². The number of hydrogen-bond donors (Lipinski definition) is 2. The molecule has 0 aliphatic heterocycles. The van der Waals surface area contributed by atoms with Gasteiger partial charge in [-0.15, -0.1) is 0 Å². The average Bonchev–Trinajstić information content (AvgIpc) is 2.92. The number of carboxylic acids is 1. The summed E-state index contributed by atoms with van der Waals surface area (Å²) < 4.78 is 16.6. The quantitative estimate of drug-likeness (QED) is 0.268. The summed E-state index contributed by atoms with van der Waals surface area (Å²) in [5.41, 5.74) is 2.47. The van der Waals surface area contributed by atoms with Crippen LogP contribution in [0.5, 0.6) is 17.2 Å². The zero-order chi connectivity index (χ0) is 26.2. The maximum absolute atomic E-state index is 13.1. The normalized spacial score (nSPS) is 10.9. The van der Waals surface area contributed by atoms with Gasteiger partial charge in [0.15, 0.2) is 0 Å². The zero-order valence-corrected chi connectivity index (χ0v) is 20.6. The van der Waals surface area contributed by atoms with Gasteiger partial charge in [-0.05, 0) is 46.7 Å². The van der Waals surface area contributed by atoms with Crippen LogP contribution in [-0.2, 0) is 11.2 Å². The summed E-state index contributed by atoms with van der Waals surface area (Å²) in [6.07, 6.45) is 3.12. The molecule has 4 rings (SSSR count). The van der Waals surface area contributed by atoms with E-state index in [1.165, 1.54) is 25.7 Å². The molecule has 0 radical (unpaired) electrons. The molecule has 1 amide bonds. The van der Waals surface area contributed by atoms with Crippen molar-refractivity contribution >= 4 is 34.4 Å². The molecule has 0 aromatic heterocycles. The third kappa shape index (κ3) is 6.46. The molecule has 0 unspecified atom stereocenters. The SMILES string of the molecule is COc1ccc(OC)c(NC(=O)c2ccc(/C=C/C(=O)O)c(OCCc3ccc4ccccc4c3)c2)c1. The smallest absolute Gasteiger partial charge is 0.328 e. The van der Waals surface area contributed by atoms with Gasteiger partial charge in [-0.3, -0.25) is 4.79 Å². The van der Waals surface area contributed by atoms with Crippen molar-refractivity contribution in [1.29, 1.82) is 0 Å². The number of carbonyl (C=O) groups is 2. The number of carbonyl (C=O) groups excluding carboxylic acids is 1. The van der Waals surface area contributed by atoms with Crippen LogP contribution in [-0.4, -0.2) is 37.8 Å². The van der Waals surface area contributed by atoms with Crippen LogP contribution in [0.1, 0.15) is 21.5 Å². The molecule has 0 atom stereocenters. The van der Waals surface area contributed by atoms with Crippen molar-refractivity contribution < 1.29 is 28.9 Å². The third-order valence-electron chi connectivity index (χ3n) is 5.80. The highest BCUT2D eigenvalue weighted by atomic mass is 16.5. The van der Waals surface area contributed by atoms with Crippen molar-refractivity contribution in [2.75, 3.05) is 26.1 Å². The first-order valence-electron chi connectivity index (χ1n) is 11.7. The minimum Gasteiger partial charge on any atom is -0.497 e. The molecular formula is C30H27NO6. The average molecular weight is 498 g/mol. The fourth-order valence-corrected chi connectivity index (χ4v) is 3.88. The fraction of sp³-hybridized carbons (Fsp3) is 0.133. The summed E-state index contributed by atoms with van der Waals surface area (Å²) in [7, 11) is 3.06. The highest BCUT2D eigenvalue weighted by Gasteiger charge is 2.14. The van der Waals surface area contributed by atoms with E-state index in [2.05, 4.69) is 35.6 Å². The van der Waals surface area contributed by atoms with E-state index >= 15 is 0 Å². The number of ether oxygens (including phenoxy) is 3. The van der Waals surface area contributed by atoms with Crippen LogP contribution >= 0.6 is 0 Å². The molecule has 0 spiro atoms. The molecule has 0 heterocycles. The van der Waals surface area contributed by atoms with E-state index in [9.17, 15) is 9.59 Å². The van der Waals surface area contributed by atoms with Gasteiger partial charge in [0.2, 0.25) is 0 Å². The van der Waals surface area contributed by atoms with Crippen LogP contribution in [0.4, 0.5) is 5.69 Å². The Labute approximate surface area is 214 Å². The van der Waals surface area contributed by atoms with Crippen LogP contribution in [0.25, 0.3) is 16.8 Å². The van der Waals surface area contributed by atoms with Gasteiger partial charge in [-0.25, -0.2) is 4.79 Å². The van der Waals surface area contributed by atoms with Crippen molar-refractivity contribution in [2.24, 2.45) is 0 Å². The Balaban J connectivity index is 1.54. The maximum Gasteiger partial charge on any atom is 0.328 e. The lowest BCUT2D eigenvalue weighted by atomic mass is 10.1. The molecule has 0 bridgehead atoms. The third-order valence-corrected chi connectivity index (χ3v) is 5.80. The second-order valence-corrected chi connectivity index (χ2v) is 8.22. The van der Waals surface area contributed by atoms with Gasteiger partial charge in [0.25, 0.3) is 5.91 Å². The van der Waals surface area contributed by atoms with Crippen LogP contribution in [0.2, 0.25) is 0 Å². The molecule has 0 aliphatic carbocycles. The summed E-state index contributed by atoms with van der Waals surface area (Å²) in [6, 6.07) is 24.4. The number of nitrogens with one attached hydrogen (secondary N) is 1. The Morgan fingerprint density at radius 2 is 1.68 bits per heavy atom. The van der Waals surface area contributed by atoms with Gasteiger partial charge in [0, 0.05) is 29.7 Å². The summed E-state index contributed by atoms with van der Waals surface area (Å²) in [5.74, 6) is 0.0160.